The molecular weight excluding hydrogens is 260 g/mol. The van der Waals surface area contributed by atoms with E-state index in [1.165, 1.54) is 24.8 Å². The van der Waals surface area contributed by atoms with Gasteiger partial charge < -0.3 is 10.6 Å². The SMILES string of the molecule is CCNc1ncnc(NC2CCCC(C)C2C)c1C(C)C. The minimum absolute atomic E-state index is 0.402. The zero-order valence-corrected chi connectivity index (χ0v) is 14.1. The van der Waals surface area contributed by atoms with Crippen molar-refractivity contribution < 1.29 is 0 Å². The average molecular weight is 290 g/mol. The van der Waals surface area contributed by atoms with Gasteiger partial charge in [-0.15, -0.1) is 0 Å². The van der Waals surface area contributed by atoms with E-state index in [4.69, 9.17) is 0 Å². The number of nitrogens with one attached hydrogen (secondary N) is 2. The lowest BCUT2D eigenvalue weighted by Crippen LogP contribution is -2.35. The van der Waals surface area contributed by atoms with Crippen LogP contribution in [-0.4, -0.2) is 22.6 Å². The molecule has 0 radical (unpaired) electrons. The number of hydrogen-bond donors (Lipinski definition) is 2. The average Bonchev–Trinajstić information content (AvgIpc) is 2.44. The molecule has 3 atom stereocenters. The summed E-state index contributed by atoms with van der Waals surface area (Å²) >= 11 is 0. The Balaban J connectivity index is 2.24. The molecule has 2 rings (SSSR count). The highest BCUT2D eigenvalue weighted by atomic mass is 15.1. The van der Waals surface area contributed by atoms with Gasteiger partial charge in [-0.3, -0.25) is 0 Å². The quantitative estimate of drug-likeness (QED) is 0.850. The van der Waals surface area contributed by atoms with E-state index in [0.717, 1.165) is 24.1 Å². The molecule has 0 amide bonds. The molecule has 118 valence electrons. The summed E-state index contributed by atoms with van der Waals surface area (Å²) in [5.74, 6) is 3.87. The Morgan fingerprint density at radius 3 is 2.57 bits per heavy atom. The van der Waals surface area contributed by atoms with Crippen LogP contribution >= 0.6 is 0 Å². The Kier molecular flexibility index (Phi) is 5.43. The Bertz CT molecular complexity index is 458. The predicted molar refractivity (Wildman–Crippen MR) is 89.9 cm³/mol. The fourth-order valence-electron chi connectivity index (χ4n) is 3.33. The summed E-state index contributed by atoms with van der Waals surface area (Å²) in [5, 5.41) is 7.08. The first-order valence-electron chi connectivity index (χ1n) is 8.39. The molecule has 1 aliphatic carbocycles. The van der Waals surface area contributed by atoms with Gasteiger partial charge in [0.05, 0.1) is 0 Å². The first-order chi connectivity index (χ1) is 10.0. The molecule has 1 aliphatic rings. The van der Waals surface area contributed by atoms with E-state index in [2.05, 4.69) is 55.2 Å². The monoisotopic (exact) mass is 290 g/mol. The van der Waals surface area contributed by atoms with Gasteiger partial charge in [-0.2, -0.15) is 0 Å². The molecule has 21 heavy (non-hydrogen) atoms. The van der Waals surface area contributed by atoms with Gasteiger partial charge in [-0.25, -0.2) is 9.97 Å². The predicted octanol–water partition coefficient (Wildman–Crippen LogP) is 4.27. The van der Waals surface area contributed by atoms with Crippen molar-refractivity contribution in [2.45, 2.75) is 65.8 Å². The number of anilines is 2. The third kappa shape index (κ3) is 3.66. The molecule has 4 nitrogen and oxygen atoms in total. The fraction of sp³-hybridized carbons (Fsp3) is 0.765. The fourth-order valence-corrected chi connectivity index (χ4v) is 3.33. The second-order valence-corrected chi connectivity index (χ2v) is 6.69. The molecule has 1 fully saturated rings. The number of aromatic nitrogens is 2. The van der Waals surface area contributed by atoms with E-state index < -0.39 is 0 Å². The van der Waals surface area contributed by atoms with Crippen molar-refractivity contribution in [3.8, 4) is 0 Å². The van der Waals surface area contributed by atoms with Gasteiger partial charge in [0.15, 0.2) is 0 Å². The van der Waals surface area contributed by atoms with Crippen molar-refractivity contribution in [1.29, 1.82) is 0 Å². The smallest absolute Gasteiger partial charge is 0.135 e. The maximum absolute atomic E-state index is 4.53. The molecule has 1 saturated carbocycles. The van der Waals surface area contributed by atoms with Gasteiger partial charge in [-0.1, -0.05) is 40.5 Å². The van der Waals surface area contributed by atoms with E-state index in [1.54, 1.807) is 6.33 Å². The van der Waals surface area contributed by atoms with Gasteiger partial charge in [0, 0.05) is 18.2 Å². The second-order valence-electron chi connectivity index (χ2n) is 6.69. The molecule has 1 heterocycles. The van der Waals surface area contributed by atoms with Crippen LogP contribution in [0, 0.1) is 11.8 Å². The second kappa shape index (κ2) is 7.10. The molecule has 1 aromatic rings. The van der Waals surface area contributed by atoms with E-state index in [0.29, 0.717) is 17.9 Å². The van der Waals surface area contributed by atoms with Crippen LogP contribution in [0.4, 0.5) is 11.6 Å². The lowest BCUT2D eigenvalue weighted by Gasteiger charge is -2.35. The van der Waals surface area contributed by atoms with Crippen molar-refractivity contribution in [1.82, 2.24) is 9.97 Å². The number of hydrogen-bond acceptors (Lipinski definition) is 4. The maximum atomic E-state index is 4.53. The van der Waals surface area contributed by atoms with Crippen LogP contribution in [0.1, 0.15) is 65.4 Å². The van der Waals surface area contributed by atoms with Crippen molar-refractivity contribution >= 4 is 11.6 Å². The lowest BCUT2D eigenvalue weighted by atomic mass is 9.78. The molecule has 3 unspecified atom stereocenters. The summed E-state index contributed by atoms with van der Waals surface area (Å²) < 4.78 is 0. The standard InChI is InChI=1S/C17H30N4/c1-6-18-16-15(11(2)3)17(20-10-19-16)21-14-9-7-8-12(4)13(14)5/h10-14H,6-9H2,1-5H3,(H2,18,19,20,21). The summed E-state index contributed by atoms with van der Waals surface area (Å²) in [6.45, 7) is 12.1. The first-order valence-corrected chi connectivity index (χ1v) is 8.39. The first kappa shape index (κ1) is 16.1. The molecule has 4 heteroatoms. The summed E-state index contributed by atoms with van der Waals surface area (Å²) in [4.78, 5) is 8.95. The van der Waals surface area contributed by atoms with Crippen LogP contribution in [-0.2, 0) is 0 Å². The summed E-state index contributed by atoms with van der Waals surface area (Å²) in [6.07, 6.45) is 5.57. The van der Waals surface area contributed by atoms with Crippen molar-refractivity contribution in [2.24, 2.45) is 11.8 Å². The van der Waals surface area contributed by atoms with Crippen LogP contribution in [0.25, 0.3) is 0 Å². The van der Waals surface area contributed by atoms with Gasteiger partial charge in [0.25, 0.3) is 0 Å². The van der Waals surface area contributed by atoms with Crippen molar-refractivity contribution in [2.75, 3.05) is 17.2 Å². The molecule has 0 aromatic carbocycles. The lowest BCUT2D eigenvalue weighted by molar-refractivity contribution is 0.252. The van der Waals surface area contributed by atoms with Crippen molar-refractivity contribution in [3.63, 3.8) is 0 Å². The molecule has 0 bridgehead atoms. The largest absolute Gasteiger partial charge is 0.370 e. The van der Waals surface area contributed by atoms with Crippen LogP contribution in [0.3, 0.4) is 0 Å². The summed E-state index contributed by atoms with van der Waals surface area (Å²) in [5.41, 5.74) is 1.21. The highest BCUT2D eigenvalue weighted by Gasteiger charge is 2.28. The van der Waals surface area contributed by atoms with Gasteiger partial charge in [-0.05, 0) is 31.1 Å². The van der Waals surface area contributed by atoms with Crippen molar-refractivity contribution in [3.05, 3.63) is 11.9 Å². The van der Waals surface area contributed by atoms with E-state index >= 15 is 0 Å². The molecule has 2 N–H and O–H groups in total. The van der Waals surface area contributed by atoms with Gasteiger partial charge >= 0.3 is 0 Å². The molecule has 0 saturated heterocycles. The van der Waals surface area contributed by atoms with Crippen LogP contribution in [0.2, 0.25) is 0 Å². The maximum Gasteiger partial charge on any atom is 0.135 e. The Hall–Kier alpha value is -1.32. The Morgan fingerprint density at radius 2 is 1.90 bits per heavy atom. The number of nitrogens with zero attached hydrogens (tertiary/aromatic N) is 2. The summed E-state index contributed by atoms with van der Waals surface area (Å²) in [6, 6.07) is 0.524. The Morgan fingerprint density at radius 1 is 1.19 bits per heavy atom. The third-order valence-electron chi connectivity index (χ3n) is 4.83. The topological polar surface area (TPSA) is 49.8 Å². The van der Waals surface area contributed by atoms with Crippen LogP contribution in [0.5, 0.6) is 0 Å². The zero-order valence-electron chi connectivity index (χ0n) is 14.1. The van der Waals surface area contributed by atoms with Crippen LogP contribution in [0.15, 0.2) is 6.33 Å². The van der Waals surface area contributed by atoms with Gasteiger partial charge in [0.2, 0.25) is 0 Å². The molecule has 0 spiro atoms. The normalized spacial score (nSPS) is 25.9. The zero-order chi connectivity index (χ0) is 15.4. The minimum Gasteiger partial charge on any atom is -0.370 e. The van der Waals surface area contributed by atoms with Gasteiger partial charge in [0.1, 0.15) is 18.0 Å². The molecule has 0 aliphatic heterocycles. The highest BCUT2D eigenvalue weighted by Crippen LogP contribution is 2.34. The minimum atomic E-state index is 0.402. The van der Waals surface area contributed by atoms with Crippen LogP contribution < -0.4 is 10.6 Å². The number of rotatable bonds is 5. The molecular formula is C17H30N4. The third-order valence-corrected chi connectivity index (χ3v) is 4.83. The van der Waals surface area contributed by atoms with E-state index in [1.807, 2.05) is 0 Å². The van der Waals surface area contributed by atoms with E-state index in [9.17, 15) is 0 Å². The summed E-state index contributed by atoms with van der Waals surface area (Å²) in [7, 11) is 0. The molecule has 1 aromatic heterocycles. The Labute approximate surface area is 129 Å². The highest BCUT2D eigenvalue weighted by molar-refractivity contribution is 5.59. The van der Waals surface area contributed by atoms with E-state index in [-0.39, 0.29) is 0 Å².